The average Bonchev–Trinajstić information content (AvgIpc) is 3.22. The van der Waals surface area contributed by atoms with Gasteiger partial charge >= 0.3 is 5.97 Å². The minimum Gasteiger partial charge on any atom is -0.480 e. The Morgan fingerprint density at radius 2 is 1.95 bits per heavy atom. The molecule has 1 aliphatic carbocycles. The van der Waals surface area contributed by atoms with Crippen LogP contribution >= 0.6 is 0 Å². The van der Waals surface area contributed by atoms with Crippen molar-refractivity contribution in [1.82, 2.24) is 10.2 Å². The van der Waals surface area contributed by atoms with Crippen LogP contribution in [-0.2, 0) is 4.79 Å². The van der Waals surface area contributed by atoms with E-state index in [9.17, 15) is 9.90 Å². The molecule has 0 bridgehead atoms. The van der Waals surface area contributed by atoms with Crippen LogP contribution in [0.25, 0.3) is 0 Å². The number of nitrogens with one attached hydrogen (secondary N) is 1. The number of piperidine rings is 1. The maximum absolute atomic E-state index is 11.5. The fourth-order valence-electron chi connectivity index (χ4n) is 3.21. The van der Waals surface area contributed by atoms with Crippen LogP contribution in [0.2, 0.25) is 0 Å². The molecule has 0 aromatic carbocycles. The number of hydrogen-bond donors (Lipinski definition) is 2. The molecule has 1 aliphatic heterocycles. The van der Waals surface area contributed by atoms with Gasteiger partial charge in [-0.1, -0.05) is 19.8 Å². The van der Waals surface area contributed by atoms with Gasteiger partial charge in [0, 0.05) is 12.6 Å². The summed E-state index contributed by atoms with van der Waals surface area (Å²) in [4.78, 5) is 14.0. The Labute approximate surface area is 122 Å². The molecule has 1 saturated carbocycles. The van der Waals surface area contributed by atoms with Crippen molar-refractivity contribution in [2.75, 3.05) is 19.6 Å². The van der Waals surface area contributed by atoms with Crippen LogP contribution in [-0.4, -0.2) is 47.2 Å². The van der Waals surface area contributed by atoms with Crippen molar-refractivity contribution < 1.29 is 9.90 Å². The molecule has 20 heavy (non-hydrogen) atoms. The summed E-state index contributed by atoms with van der Waals surface area (Å²) in [5.41, 5.74) is -0.749. The third-order valence-corrected chi connectivity index (χ3v) is 4.90. The highest BCUT2D eigenvalue weighted by molar-refractivity contribution is 5.78. The van der Waals surface area contributed by atoms with Gasteiger partial charge in [0.05, 0.1) is 0 Å². The predicted molar refractivity (Wildman–Crippen MR) is 80.9 cm³/mol. The molecule has 4 heteroatoms. The van der Waals surface area contributed by atoms with E-state index >= 15 is 0 Å². The SMILES string of the molecule is CCCC1CCN(CCC(C)(NC2CC2)C(=O)O)CC1. The van der Waals surface area contributed by atoms with Crippen LogP contribution in [0, 0.1) is 5.92 Å². The highest BCUT2D eigenvalue weighted by Crippen LogP contribution is 2.26. The van der Waals surface area contributed by atoms with Gasteiger partial charge in [0.1, 0.15) is 5.54 Å². The number of nitrogens with zero attached hydrogens (tertiary/aromatic N) is 1. The van der Waals surface area contributed by atoms with Crippen LogP contribution in [0.1, 0.15) is 58.8 Å². The molecule has 0 spiro atoms. The van der Waals surface area contributed by atoms with Crippen LogP contribution in [0.5, 0.6) is 0 Å². The first kappa shape index (κ1) is 15.8. The van der Waals surface area contributed by atoms with Crippen LogP contribution in [0.3, 0.4) is 0 Å². The van der Waals surface area contributed by atoms with E-state index in [1.54, 1.807) is 0 Å². The maximum Gasteiger partial charge on any atom is 0.323 e. The second kappa shape index (κ2) is 6.90. The number of carbonyl (C=O) groups is 1. The molecule has 2 rings (SSSR count). The summed E-state index contributed by atoms with van der Waals surface area (Å²) in [6, 6.07) is 0.436. The average molecular weight is 282 g/mol. The van der Waals surface area contributed by atoms with E-state index in [1.807, 2.05) is 6.92 Å². The maximum atomic E-state index is 11.5. The summed E-state index contributed by atoms with van der Waals surface area (Å²) < 4.78 is 0. The van der Waals surface area contributed by atoms with Gasteiger partial charge in [0.15, 0.2) is 0 Å². The van der Waals surface area contributed by atoms with E-state index in [0.29, 0.717) is 12.5 Å². The Kier molecular flexibility index (Phi) is 5.44. The first-order valence-corrected chi connectivity index (χ1v) is 8.27. The van der Waals surface area contributed by atoms with Crippen LogP contribution in [0.4, 0.5) is 0 Å². The zero-order valence-electron chi connectivity index (χ0n) is 13.0. The standard InChI is InChI=1S/C16H30N2O2/c1-3-4-13-7-10-18(11-8-13)12-9-16(2,15(19)20)17-14-5-6-14/h13-14,17H,3-12H2,1-2H3,(H,19,20). The first-order valence-electron chi connectivity index (χ1n) is 8.27. The summed E-state index contributed by atoms with van der Waals surface area (Å²) in [5.74, 6) is 0.192. The van der Waals surface area contributed by atoms with Crippen molar-refractivity contribution in [3.05, 3.63) is 0 Å². The van der Waals surface area contributed by atoms with E-state index in [4.69, 9.17) is 0 Å². The van der Waals surface area contributed by atoms with Crippen molar-refractivity contribution in [3.63, 3.8) is 0 Å². The highest BCUT2D eigenvalue weighted by Gasteiger charge is 2.38. The molecule has 2 N–H and O–H groups in total. The topological polar surface area (TPSA) is 52.6 Å². The number of rotatable bonds is 8. The number of carboxylic acids is 1. The molecule has 116 valence electrons. The third-order valence-electron chi connectivity index (χ3n) is 4.90. The lowest BCUT2D eigenvalue weighted by atomic mass is 9.91. The molecule has 1 unspecified atom stereocenters. The Hall–Kier alpha value is -0.610. The lowest BCUT2D eigenvalue weighted by molar-refractivity contribution is -0.144. The Morgan fingerprint density at radius 1 is 1.30 bits per heavy atom. The molecule has 2 aliphatic rings. The lowest BCUT2D eigenvalue weighted by Gasteiger charge is -2.34. The molecule has 4 nitrogen and oxygen atoms in total. The predicted octanol–water partition coefficient (Wildman–Crippen LogP) is 2.48. The summed E-state index contributed by atoms with van der Waals surface area (Å²) in [5, 5.41) is 12.8. The fourth-order valence-corrected chi connectivity index (χ4v) is 3.21. The normalized spacial score (nSPS) is 24.5. The van der Waals surface area contributed by atoms with Gasteiger partial charge in [0.25, 0.3) is 0 Å². The Morgan fingerprint density at radius 3 is 2.45 bits per heavy atom. The minimum atomic E-state index is -0.749. The monoisotopic (exact) mass is 282 g/mol. The number of likely N-dealkylation sites (tertiary alicyclic amines) is 1. The zero-order valence-corrected chi connectivity index (χ0v) is 13.0. The Bertz CT molecular complexity index is 322. The van der Waals surface area contributed by atoms with E-state index in [2.05, 4.69) is 17.1 Å². The molecule has 0 radical (unpaired) electrons. The zero-order chi connectivity index (χ0) is 14.6. The quantitative estimate of drug-likeness (QED) is 0.718. The van der Waals surface area contributed by atoms with Crippen molar-refractivity contribution >= 4 is 5.97 Å². The summed E-state index contributed by atoms with van der Waals surface area (Å²) in [6.45, 7) is 7.29. The highest BCUT2D eigenvalue weighted by atomic mass is 16.4. The number of hydrogen-bond acceptors (Lipinski definition) is 3. The van der Waals surface area contributed by atoms with Gasteiger partial charge in [-0.3, -0.25) is 10.1 Å². The molecule has 0 aromatic rings. The number of aliphatic carboxylic acids is 1. The largest absolute Gasteiger partial charge is 0.480 e. The molecular formula is C16H30N2O2. The Balaban J connectivity index is 1.74. The van der Waals surface area contributed by atoms with Crippen molar-refractivity contribution in [3.8, 4) is 0 Å². The second-order valence-corrected chi connectivity index (χ2v) is 6.88. The summed E-state index contributed by atoms with van der Waals surface area (Å²) in [6.07, 6.45) is 8.17. The van der Waals surface area contributed by atoms with Crippen LogP contribution < -0.4 is 5.32 Å². The molecule has 1 heterocycles. The molecule has 2 fully saturated rings. The van der Waals surface area contributed by atoms with Crippen molar-refractivity contribution in [2.24, 2.45) is 5.92 Å². The van der Waals surface area contributed by atoms with E-state index < -0.39 is 11.5 Å². The summed E-state index contributed by atoms with van der Waals surface area (Å²) in [7, 11) is 0. The lowest BCUT2D eigenvalue weighted by Crippen LogP contribution is -2.52. The van der Waals surface area contributed by atoms with E-state index in [-0.39, 0.29) is 0 Å². The molecular weight excluding hydrogens is 252 g/mol. The summed E-state index contributed by atoms with van der Waals surface area (Å²) >= 11 is 0. The molecule has 1 saturated heterocycles. The van der Waals surface area contributed by atoms with E-state index in [0.717, 1.165) is 38.4 Å². The smallest absolute Gasteiger partial charge is 0.323 e. The second-order valence-electron chi connectivity index (χ2n) is 6.88. The van der Waals surface area contributed by atoms with Gasteiger partial charge in [-0.2, -0.15) is 0 Å². The minimum absolute atomic E-state index is 0.436. The van der Waals surface area contributed by atoms with Crippen molar-refractivity contribution in [1.29, 1.82) is 0 Å². The van der Waals surface area contributed by atoms with E-state index in [1.165, 1.54) is 25.7 Å². The third kappa shape index (κ3) is 4.45. The van der Waals surface area contributed by atoms with Gasteiger partial charge in [-0.15, -0.1) is 0 Å². The molecule has 1 atom stereocenters. The fraction of sp³-hybridized carbons (Fsp3) is 0.938. The van der Waals surface area contributed by atoms with Gasteiger partial charge in [0.2, 0.25) is 0 Å². The van der Waals surface area contributed by atoms with Gasteiger partial charge in [-0.05, 0) is 58.0 Å². The molecule has 0 aromatic heterocycles. The number of carboxylic acid groups (broad SMARTS) is 1. The first-order chi connectivity index (χ1) is 9.53. The van der Waals surface area contributed by atoms with Crippen LogP contribution in [0.15, 0.2) is 0 Å². The molecule has 0 amide bonds. The van der Waals surface area contributed by atoms with Gasteiger partial charge < -0.3 is 10.0 Å². The van der Waals surface area contributed by atoms with Crippen molar-refractivity contribution in [2.45, 2.75) is 70.4 Å². The van der Waals surface area contributed by atoms with Gasteiger partial charge in [-0.25, -0.2) is 0 Å².